The van der Waals surface area contributed by atoms with E-state index >= 15 is 0 Å². The molecule has 1 aromatic rings. The van der Waals surface area contributed by atoms with E-state index in [-0.39, 0.29) is 29.1 Å². The Morgan fingerprint density at radius 1 is 1.42 bits per heavy atom. The van der Waals surface area contributed by atoms with Gasteiger partial charge in [0.25, 0.3) is 0 Å². The topological polar surface area (TPSA) is 32.7 Å². The van der Waals surface area contributed by atoms with Crippen molar-refractivity contribution < 1.29 is 9.84 Å². The monoisotopic (exact) mass is 349 g/mol. The first-order chi connectivity index (χ1) is 8.56. The van der Waals surface area contributed by atoms with Gasteiger partial charge in [-0.15, -0.1) is 17.0 Å². The van der Waals surface area contributed by atoms with Gasteiger partial charge in [0.15, 0.2) is 0 Å². The van der Waals surface area contributed by atoms with E-state index < -0.39 is 0 Å². The van der Waals surface area contributed by atoms with Crippen molar-refractivity contribution >= 4 is 28.6 Å². The second-order valence-corrected chi connectivity index (χ2v) is 5.45. The van der Waals surface area contributed by atoms with Crippen molar-refractivity contribution in [1.82, 2.24) is 4.90 Å². The lowest BCUT2D eigenvalue weighted by Crippen LogP contribution is -2.47. The summed E-state index contributed by atoms with van der Waals surface area (Å²) in [5.41, 5.74) is 1.97. The maximum atomic E-state index is 9.88. The minimum atomic E-state index is -0.314. The number of fused-ring (bicyclic) bond motifs is 1. The SMILES string of the molecule is Br.COc1c(Cl)ccc2c1CCCC2(CO)N(C)C. The van der Waals surface area contributed by atoms with Gasteiger partial charge in [-0.3, -0.25) is 4.90 Å². The van der Waals surface area contributed by atoms with Crippen LogP contribution < -0.4 is 4.74 Å². The molecule has 1 aliphatic rings. The van der Waals surface area contributed by atoms with E-state index in [0.29, 0.717) is 5.02 Å². The van der Waals surface area contributed by atoms with Gasteiger partial charge in [-0.2, -0.15) is 0 Å². The molecule has 1 aromatic carbocycles. The molecule has 3 nitrogen and oxygen atoms in total. The first-order valence-corrected chi connectivity index (χ1v) is 6.58. The average Bonchev–Trinajstić information content (AvgIpc) is 2.37. The highest BCUT2D eigenvalue weighted by Crippen LogP contribution is 2.44. The molecule has 0 radical (unpaired) electrons. The van der Waals surface area contributed by atoms with Crippen molar-refractivity contribution in [1.29, 1.82) is 0 Å². The van der Waals surface area contributed by atoms with Gasteiger partial charge in [0.1, 0.15) is 5.75 Å². The number of methoxy groups -OCH3 is 1. The summed E-state index contributed by atoms with van der Waals surface area (Å²) in [4.78, 5) is 2.10. The lowest BCUT2D eigenvalue weighted by atomic mass is 9.76. The van der Waals surface area contributed by atoms with Crippen LogP contribution in [0.4, 0.5) is 0 Å². The number of hydrogen-bond donors (Lipinski definition) is 1. The van der Waals surface area contributed by atoms with Crippen molar-refractivity contribution in [3.63, 3.8) is 0 Å². The number of hydrogen-bond acceptors (Lipinski definition) is 3. The van der Waals surface area contributed by atoms with Crippen LogP contribution in [-0.4, -0.2) is 37.8 Å². The van der Waals surface area contributed by atoms with E-state index in [2.05, 4.69) is 4.90 Å². The Bertz CT molecular complexity index is 453. The molecular formula is C14H21BrClNO2. The van der Waals surface area contributed by atoms with Crippen LogP contribution in [-0.2, 0) is 12.0 Å². The molecule has 0 amide bonds. The zero-order valence-electron chi connectivity index (χ0n) is 11.6. The van der Waals surface area contributed by atoms with Crippen molar-refractivity contribution in [3.8, 4) is 5.75 Å². The van der Waals surface area contributed by atoms with Crippen LogP contribution in [0, 0.1) is 0 Å². The Hall–Kier alpha value is -0.290. The van der Waals surface area contributed by atoms with Crippen LogP contribution >= 0.6 is 28.6 Å². The maximum Gasteiger partial charge on any atom is 0.140 e. The van der Waals surface area contributed by atoms with Gasteiger partial charge in [-0.25, -0.2) is 0 Å². The average molecular weight is 351 g/mol. The molecule has 0 aliphatic heterocycles. The molecule has 2 rings (SSSR count). The summed E-state index contributed by atoms with van der Waals surface area (Å²) >= 11 is 6.18. The Kier molecular flexibility index (Phi) is 5.68. The number of aliphatic hydroxyl groups excluding tert-OH is 1. The normalized spacial score (nSPS) is 21.8. The highest BCUT2D eigenvalue weighted by Gasteiger charge is 2.39. The summed E-state index contributed by atoms with van der Waals surface area (Å²) in [6.07, 6.45) is 2.94. The molecule has 108 valence electrons. The summed E-state index contributed by atoms with van der Waals surface area (Å²) in [7, 11) is 5.66. The van der Waals surface area contributed by atoms with Crippen LogP contribution in [0.2, 0.25) is 5.02 Å². The number of rotatable bonds is 3. The van der Waals surface area contributed by atoms with Crippen LogP contribution in [0.5, 0.6) is 5.75 Å². The van der Waals surface area contributed by atoms with Gasteiger partial charge in [-0.1, -0.05) is 17.7 Å². The summed E-state index contributed by atoms with van der Waals surface area (Å²) in [6.45, 7) is 0.109. The number of likely N-dealkylation sites (N-methyl/N-ethyl adjacent to an activating group) is 1. The predicted octanol–water partition coefficient (Wildman–Crippen LogP) is 3.01. The molecule has 1 atom stereocenters. The lowest BCUT2D eigenvalue weighted by Gasteiger charge is -2.43. The van der Waals surface area contributed by atoms with E-state index in [9.17, 15) is 5.11 Å². The van der Waals surface area contributed by atoms with Crippen LogP contribution in [0.1, 0.15) is 24.0 Å². The molecule has 1 unspecified atom stereocenters. The summed E-state index contributed by atoms with van der Waals surface area (Å²) in [6, 6.07) is 3.88. The minimum absolute atomic E-state index is 0. The zero-order chi connectivity index (χ0) is 13.3. The van der Waals surface area contributed by atoms with Gasteiger partial charge in [0.2, 0.25) is 0 Å². The smallest absolute Gasteiger partial charge is 0.140 e. The molecular weight excluding hydrogens is 330 g/mol. The van der Waals surface area contributed by atoms with Crippen molar-refractivity contribution in [3.05, 3.63) is 28.3 Å². The minimum Gasteiger partial charge on any atom is -0.495 e. The van der Waals surface area contributed by atoms with Gasteiger partial charge in [0, 0.05) is 5.56 Å². The summed E-state index contributed by atoms with van der Waals surface area (Å²) in [5.74, 6) is 0.758. The van der Waals surface area contributed by atoms with Crippen LogP contribution in [0.15, 0.2) is 12.1 Å². The van der Waals surface area contributed by atoms with E-state index in [0.717, 1.165) is 36.1 Å². The van der Waals surface area contributed by atoms with Crippen LogP contribution in [0.25, 0.3) is 0 Å². The molecule has 1 N–H and O–H groups in total. The van der Waals surface area contributed by atoms with Gasteiger partial charge >= 0.3 is 0 Å². The number of aliphatic hydroxyl groups is 1. The third kappa shape index (κ3) is 2.64. The standard InChI is InChI=1S/C14H20ClNO2.BrH/c1-16(2)14(9-17)8-4-5-10-11(14)6-7-12(15)13(10)18-3;/h6-7,17H,4-5,8-9H2,1-3H3;1H. The van der Waals surface area contributed by atoms with Gasteiger partial charge in [-0.05, 0) is 45.0 Å². The van der Waals surface area contributed by atoms with Crippen molar-refractivity contribution in [2.24, 2.45) is 0 Å². The number of benzene rings is 1. The number of nitrogens with zero attached hydrogens (tertiary/aromatic N) is 1. The molecule has 0 spiro atoms. The Morgan fingerprint density at radius 2 is 2.11 bits per heavy atom. The number of halogens is 2. The fourth-order valence-electron chi connectivity index (χ4n) is 2.97. The fourth-order valence-corrected chi connectivity index (χ4v) is 3.22. The second kappa shape index (κ2) is 6.44. The van der Waals surface area contributed by atoms with E-state index in [1.54, 1.807) is 7.11 Å². The third-order valence-electron chi connectivity index (χ3n) is 4.05. The van der Waals surface area contributed by atoms with Crippen LogP contribution in [0.3, 0.4) is 0 Å². The molecule has 0 aromatic heterocycles. The maximum absolute atomic E-state index is 9.88. The Balaban J connectivity index is 0.00000180. The third-order valence-corrected chi connectivity index (χ3v) is 4.35. The largest absolute Gasteiger partial charge is 0.495 e. The van der Waals surface area contributed by atoms with E-state index in [1.165, 1.54) is 0 Å². The molecule has 1 aliphatic carbocycles. The number of ether oxygens (including phenoxy) is 1. The van der Waals surface area contributed by atoms with E-state index in [4.69, 9.17) is 16.3 Å². The predicted molar refractivity (Wildman–Crippen MR) is 83.7 cm³/mol. The molecule has 19 heavy (non-hydrogen) atoms. The molecule has 0 saturated carbocycles. The Morgan fingerprint density at radius 3 is 2.63 bits per heavy atom. The van der Waals surface area contributed by atoms with Gasteiger partial charge < -0.3 is 9.84 Å². The van der Waals surface area contributed by atoms with Gasteiger partial charge in [0.05, 0.1) is 24.3 Å². The zero-order valence-corrected chi connectivity index (χ0v) is 14.0. The molecule has 0 saturated heterocycles. The first kappa shape index (κ1) is 16.8. The highest BCUT2D eigenvalue weighted by atomic mass is 79.9. The molecule has 0 fully saturated rings. The van der Waals surface area contributed by atoms with Crippen molar-refractivity contribution in [2.45, 2.75) is 24.8 Å². The second-order valence-electron chi connectivity index (χ2n) is 5.04. The Labute approximate surface area is 130 Å². The molecule has 0 bridgehead atoms. The molecule has 0 heterocycles. The summed E-state index contributed by atoms with van der Waals surface area (Å²) in [5, 5.41) is 10.5. The fraction of sp³-hybridized carbons (Fsp3) is 0.571. The quantitative estimate of drug-likeness (QED) is 0.909. The summed E-state index contributed by atoms with van der Waals surface area (Å²) < 4.78 is 5.43. The lowest BCUT2D eigenvalue weighted by molar-refractivity contribution is 0.0498. The van der Waals surface area contributed by atoms with Crippen molar-refractivity contribution in [2.75, 3.05) is 27.8 Å². The van der Waals surface area contributed by atoms with E-state index in [1.807, 2.05) is 26.2 Å². The molecule has 5 heteroatoms. The first-order valence-electron chi connectivity index (χ1n) is 6.21. The highest BCUT2D eigenvalue weighted by molar-refractivity contribution is 8.93.